The number of anilines is 2. The zero-order chi connectivity index (χ0) is 13.5. The smallest absolute Gasteiger partial charge is 0.0653 e. The Bertz CT molecular complexity index is 808. The maximum absolute atomic E-state index is 6.39. The highest BCUT2D eigenvalue weighted by Gasteiger charge is 2.19. The number of halogens is 1. The average Bonchev–Trinajstić information content (AvgIpc) is 2.64. The molecule has 0 saturated carbocycles. The fourth-order valence-corrected chi connectivity index (χ4v) is 3.01. The average molecular weight is 278 g/mol. The van der Waals surface area contributed by atoms with Crippen LogP contribution in [0.4, 0.5) is 11.4 Å². The van der Waals surface area contributed by atoms with Crippen molar-refractivity contribution < 1.29 is 0 Å². The Morgan fingerprint density at radius 1 is 0.600 bits per heavy atom. The summed E-state index contributed by atoms with van der Waals surface area (Å²) in [5.41, 5.74) is 6.86. The molecule has 1 nitrogen and oxygen atoms in total. The molecular formula is C18H12ClN. The van der Waals surface area contributed by atoms with Gasteiger partial charge in [0.1, 0.15) is 0 Å². The van der Waals surface area contributed by atoms with Crippen molar-refractivity contribution in [1.82, 2.24) is 0 Å². The van der Waals surface area contributed by atoms with Gasteiger partial charge in [0.05, 0.1) is 10.7 Å². The van der Waals surface area contributed by atoms with Crippen LogP contribution in [0.3, 0.4) is 0 Å². The molecular weight excluding hydrogens is 266 g/mol. The van der Waals surface area contributed by atoms with Crippen LogP contribution in [-0.4, -0.2) is 0 Å². The molecule has 3 aromatic carbocycles. The van der Waals surface area contributed by atoms with Gasteiger partial charge in [0.25, 0.3) is 0 Å². The van der Waals surface area contributed by atoms with Crippen molar-refractivity contribution in [2.24, 2.45) is 0 Å². The lowest BCUT2D eigenvalue weighted by Crippen LogP contribution is -1.92. The Balaban J connectivity index is 2.14. The zero-order valence-corrected chi connectivity index (χ0v) is 11.5. The highest BCUT2D eigenvalue weighted by Crippen LogP contribution is 2.46. The molecule has 3 aromatic rings. The summed E-state index contributed by atoms with van der Waals surface area (Å²) in [5.74, 6) is 0. The first kappa shape index (κ1) is 11.6. The Morgan fingerprint density at radius 3 is 2.00 bits per heavy atom. The SMILES string of the molecule is Clc1cccc2c1Nc1ccccc1-c1ccccc1-2. The minimum absolute atomic E-state index is 0.744. The van der Waals surface area contributed by atoms with E-state index < -0.39 is 0 Å². The largest absolute Gasteiger partial charge is 0.353 e. The number of benzene rings is 3. The molecule has 0 bridgehead atoms. The Hall–Kier alpha value is -2.25. The molecule has 0 radical (unpaired) electrons. The van der Waals surface area contributed by atoms with Crippen molar-refractivity contribution >= 4 is 23.0 Å². The molecule has 1 aliphatic rings. The molecule has 2 heteroatoms. The van der Waals surface area contributed by atoms with E-state index >= 15 is 0 Å². The minimum atomic E-state index is 0.744. The lowest BCUT2D eigenvalue weighted by molar-refractivity contribution is 1.57. The van der Waals surface area contributed by atoms with Gasteiger partial charge in [0.15, 0.2) is 0 Å². The van der Waals surface area contributed by atoms with Crippen LogP contribution in [0.5, 0.6) is 0 Å². The van der Waals surface area contributed by atoms with E-state index in [-0.39, 0.29) is 0 Å². The van der Waals surface area contributed by atoms with Crippen LogP contribution in [-0.2, 0) is 0 Å². The first-order valence-electron chi connectivity index (χ1n) is 6.59. The summed E-state index contributed by atoms with van der Waals surface area (Å²) in [4.78, 5) is 0. The molecule has 1 N–H and O–H groups in total. The Labute approximate surface area is 122 Å². The van der Waals surface area contributed by atoms with Crippen molar-refractivity contribution in [3.63, 3.8) is 0 Å². The molecule has 0 amide bonds. The van der Waals surface area contributed by atoms with E-state index in [1.807, 2.05) is 18.2 Å². The molecule has 0 spiro atoms. The summed E-state index contributed by atoms with van der Waals surface area (Å²) < 4.78 is 0. The highest BCUT2D eigenvalue weighted by molar-refractivity contribution is 6.34. The van der Waals surface area contributed by atoms with Crippen molar-refractivity contribution in [3.05, 3.63) is 71.8 Å². The van der Waals surface area contributed by atoms with Gasteiger partial charge in [-0.05, 0) is 23.3 Å². The van der Waals surface area contributed by atoms with E-state index in [0.717, 1.165) is 22.0 Å². The van der Waals surface area contributed by atoms with E-state index in [1.54, 1.807) is 0 Å². The van der Waals surface area contributed by atoms with Gasteiger partial charge in [-0.3, -0.25) is 0 Å². The van der Waals surface area contributed by atoms with E-state index in [9.17, 15) is 0 Å². The van der Waals surface area contributed by atoms with Crippen molar-refractivity contribution in [3.8, 4) is 22.3 Å². The van der Waals surface area contributed by atoms with Gasteiger partial charge in [-0.2, -0.15) is 0 Å². The predicted molar refractivity (Wildman–Crippen MR) is 85.6 cm³/mol. The lowest BCUT2D eigenvalue weighted by atomic mass is 9.95. The summed E-state index contributed by atoms with van der Waals surface area (Å²) >= 11 is 6.39. The van der Waals surface area contributed by atoms with Gasteiger partial charge < -0.3 is 5.32 Å². The second-order valence-corrected chi connectivity index (χ2v) is 5.29. The van der Waals surface area contributed by atoms with E-state index in [4.69, 9.17) is 11.6 Å². The molecule has 0 aromatic heterocycles. The van der Waals surface area contributed by atoms with Crippen molar-refractivity contribution in [2.75, 3.05) is 5.32 Å². The molecule has 1 aliphatic heterocycles. The summed E-state index contributed by atoms with van der Waals surface area (Å²) in [7, 11) is 0. The maximum Gasteiger partial charge on any atom is 0.0653 e. The maximum atomic E-state index is 6.39. The fourth-order valence-electron chi connectivity index (χ4n) is 2.79. The third-order valence-electron chi connectivity index (χ3n) is 3.71. The normalized spacial score (nSPS) is 11.7. The summed E-state index contributed by atoms with van der Waals surface area (Å²) in [5, 5.41) is 4.23. The van der Waals surface area contributed by atoms with Gasteiger partial charge in [-0.1, -0.05) is 66.2 Å². The number of rotatable bonds is 0. The summed E-state index contributed by atoms with van der Waals surface area (Å²) in [6, 6.07) is 22.8. The minimum Gasteiger partial charge on any atom is -0.353 e. The van der Waals surface area contributed by atoms with Crippen LogP contribution in [0.15, 0.2) is 66.7 Å². The third-order valence-corrected chi connectivity index (χ3v) is 4.02. The fraction of sp³-hybridized carbons (Fsp3) is 0. The summed E-state index contributed by atoms with van der Waals surface area (Å²) in [6.45, 7) is 0. The predicted octanol–water partition coefficient (Wildman–Crippen LogP) is 5.73. The van der Waals surface area contributed by atoms with Crippen LogP contribution in [0.1, 0.15) is 0 Å². The molecule has 0 atom stereocenters. The molecule has 0 saturated heterocycles. The van der Waals surface area contributed by atoms with Gasteiger partial charge in [0.2, 0.25) is 0 Å². The topological polar surface area (TPSA) is 12.0 Å². The number of para-hydroxylation sites is 2. The molecule has 0 fully saturated rings. The first-order chi connectivity index (χ1) is 9.84. The van der Waals surface area contributed by atoms with Crippen LogP contribution >= 0.6 is 11.6 Å². The van der Waals surface area contributed by atoms with Gasteiger partial charge in [0, 0.05) is 16.8 Å². The number of hydrogen-bond donors (Lipinski definition) is 1. The Kier molecular flexibility index (Phi) is 2.54. The molecule has 0 unspecified atom stereocenters. The molecule has 4 rings (SSSR count). The molecule has 0 aliphatic carbocycles. The van der Waals surface area contributed by atoms with Crippen LogP contribution in [0, 0.1) is 0 Å². The van der Waals surface area contributed by atoms with Gasteiger partial charge in [-0.25, -0.2) is 0 Å². The first-order valence-corrected chi connectivity index (χ1v) is 6.97. The molecule has 96 valence electrons. The highest BCUT2D eigenvalue weighted by atomic mass is 35.5. The van der Waals surface area contributed by atoms with E-state index in [2.05, 4.69) is 53.8 Å². The monoisotopic (exact) mass is 277 g/mol. The Morgan fingerprint density at radius 2 is 1.20 bits per heavy atom. The third kappa shape index (κ3) is 1.64. The van der Waals surface area contributed by atoms with Crippen LogP contribution in [0.2, 0.25) is 5.02 Å². The summed E-state index contributed by atoms with van der Waals surface area (Å²) in [6.07, 6.45) is 0. The standard InChI is InChI=1S/C18H12ClN/c19-16-10-5-9-15-13-7-2-1-6-12(13)14-8-3-4-11-17(14)20-18(15)16/h1-11,20H. The second-order valence-electron chi connectivity index (χ2n) is 4.88. The zero-order valence-electron chi connectivity index (χ0n) is 10.7. The number of nitrogens with one attached hydrogen (secondary N) is 1. The number of hydrogen-bond acceptors (Lipinski definition) is 1. The quantitative estimate of drug-likeness (QED) is 0.433. The van der Waals surface area contributed by atoms with E-state index in [0.29, 0.717) is 0 Å². The molecule has 1 heterocycles. The van der Waals surface area contributed by atoms with Gasteiger partial charge >= 0.3 is 0 Å². The van der Waals surface area contributed by atoms with Crippen molar-refractivity contribution in [2.45, 2.75) is 0 Å². The number of fused-ring (bicyclic) bond motifs is 5. The second kappa shape index (κ2) is 4.39. The van der Waals surface area contributed by atoms with Crippen molar-refractivity contribution in [1.29, 1.82) is 0 Å². The van der Waals surface area contributed by atoms with Crippen LogP contribution in [0.25, 0.3) is 22.3 Å². The van der Waals surface area contributed by atoms with Crippen LogP contribution < -0.4 is 5.32 Å². The molecule has 20 heavy (non-hydrogen) atoms. The van der Waals surface area contributed by atoms with E-state index in [1.165, 1.54) is 16.7 Å². The van der Waals surface area contributed by atoms with Gasteiger partial charge in [-0.15, -0.1) is 0 Å². The lowest BCUT2D eigenvalue weighted by Gasteiger charge is -2.11.